The summed E-state index contributed by atoms with van der Waals surface area (Å²) in [6, 6.07) is -0.195. The van der Waals surface area contributed by atoms with E-state index in [4.69, 9.17) is 5.73 Å². The lowest BCUT2D eigenvalue weighted by Crippen LogP contribution is -2.24. The van der Waals surface area contributed by atoms with Gasteiger partial charge in [0.15, 0.2) is 15.5 Å². The van der Waals surface area contributed by atoms with Gasteiger partial charge in [-0.15, -0.1) is 0 Å². The summed E-state index contributed by atoms with van der Waals surface area (Å²) in [6.45, 7) is 0.203. The fourth-order valence-electron chi connectivity index (χ4n) is 2.14. The van der Waals surface area contributed by atoms with E-state index < -0.39 is 9.84 Å². The van der Waals surface area contributed by atoms with Crippen LogP contribution in [0.25, 0.3) is 0 Å². The molecule has 0 radical (unpaired) electrons. The van der Waals surface area contributed by atoms with Crippen molar-refractivity contribution >= 4 is 15.7 Å². The van der Waals surface area contributed by atoms with Gasteiger partial charge in [0, 0.05) is 32.4 Å². The van der Waals surface area contributed by atoms with Crippen LogP contribution in [-0.4, -0.2) is 54.6 Å². The molecule has 1 aliphatic rings. The zero-order valence-electron chi connectivity index (χ0n) is 11.0. The highest BCUT2D eigenvalue weighted by Crippen LogP contribution is 2.24. The maximum absolute atomic E-state index is 12.0. The quantitative estimate of drug-likeness (QED) is 0.800. The molecule has 2 N–H and O–H groups in total. The lowest BCUT2D eigenvalue weighted by atomic mass is 10.2. The lowest BCUT2D eigenvalue weighted by Gasteiger charge is -2.09. The summed E-state index contributed by atoms with van der Waals surface area (Å²) in [5.41, 5.74) is 6.56. The van der Waals surface area contributed by atoms with E-state index in [2.05, 4.69) is 5.10 Å². The summed E-state index contributed by atoms with van der Waals surface area (Å²) in [4.78, 5) is 13.4. The maximum atomic E-state index is 12.0. The first-order valence-electron chi connectivity index (χ1n) is 6.04. The summed E-state index contributed by atoms with van der Waals surface area (Å²) in [5, 5.41) is 4.23. The van der Waals surface area contributed by atoms with E-state index in [9.17, 15) is 13.2 Å². The lowest BCUT2D eigenvalue weighted by molar-refractivity contribution is 0.0819. The fourth-order valence-corrected chi connectivity index (χ4v) is 3.85. The summed E-state index contributed by atoms with van der Waals surface area (Å²) in [5.74, 6) is 0.0286. The van der Waals surface area contributed by atoms with Crippen molar-refractivity contribution in [3.8, 4) is 0 Å². The van der Waals surface area contributed by atoms with Gasteiger partial charge in [-0.25, -0.2) is 8.42 Å². The van der Waals surface area contributed by atoms with Crippen LogP contribution in [0, 0.1) is 0 Å². The summed E-state index contributed by atoms with van der Waals surface area (Å²) in [7, 11) is 0.303. The molecule has 2 rings (SSSR count). The molecule has 19 heavy (non-hydrogen) atoms. The van der Waals surface area contributed by atoms with Gasteiger partial charge in [0.05, 0.1) is 17.5 Å². The Balaban J connectivity index is 2.32. The van der Waals surface area contributed by atoms with E-state index in [0.29, 0.717) is 17.7 Å². The van der Waals surface area contributed by atoms with Gasteiger partial charge >= 0.3 is 0 Å². The van der Waals surface area contributed by atoms with Gasteiger partial charge in [-0.2, -0.15) is 5.10 Å². The van der Waals surface area contributed by atoms with Gasteiger partial charge in [0.2, 0.25) is 0 Å². The SMILES string of the molecule is CN(C)C(=O)c1nn(C2CCS(=O)(=O)C2)cc1CN. The number of aromatic nitrogens is 2. The molecule has 1 atom stereocenters. The first-order valence-corrected chi connectivity index (χ1v) is 7.86. The van der Waals surface area contributed by atoms with Crippen molar-refractivity contribution in [2.24, 2.45) is 5.73 Å². The first kappa shape index (κ1) is 14.0. The number of nitrogens with two attached hydrogens (primary N) is 1. The van der Waals surface area contributed by atoms with Crippen LogP contribution in [0.1, 0.15) is 28.5 Å². The Hall–Kier alpha value is -1.41. The van der Waals surface area contributed by atoms with Crippen LogP contribution < -0.4 is 5.73 Å². The number of hydrogen-bond donors (Lipinski definition) is 1. The molecule has 7 nitrogen and oxygen atoms in total. The van der Waals surface area contributed by atoms with Crippen LogP contribution in [0.4, 0.5) is 0 Å². The molecular formula is C11H18N4O3S. The van der Waals surface area contributed by atoms with E-state index in [0.717, 1.165) is 0 Å². The van der Waals surface area contributed by atoms with Crippen LogP contribution in [-0.2, 0) is 16.4 Å². The largest absolute Gasteiger partial charge is 0.343 e. The Morgan fingerprint density at radius 2 is 2.26 bits per heavy atom. The molecule has 0 spiro atoms. The number of amides is 1. The van der Waals surface area contributed by atoms with E-state index >= 15 is 0 Å². The molecular weight excluding hydrogens is 268 g/mol. The average molecular weight is 286 g/mol. The molecule has 8 heteroatoms. The Labute approximate surface area is 112 Å². The van der Waals surface area contributed by atoms with Gasteiger partial charge in [-0.05, 0) is 6.42 Å². The van der Waals surface area contributed by atoms with Crippen LogP contribution >= 0.6 is 0 Å². The molecule has 0 aromatic carbocycles. The minimum absolute atomic E-state index is 0.0777. The van der Waals surface area contributed by atoms with E-state index in [1.807, 2.05) is 0 Å². The average Bonchev–Trinajstić information content (AvgIpc) is 2.90. The highest BCUT2D eigenvalue weighted by Gasteiger charge is 2.31. The molecule has 0 aliphatic carbocycles. The normalized spacial score (nSPS) is 21.5. The topological polar surface area (TPSA) is 98.3 Å². The fraction of sp³-hybridized carbons (Fsp3) is 0.636. The van der Waals surface area contributed by atoms with Crippen LogP contribution in [0.2, 0.25) is 0 Å². The summed E-state index contributed by atoms with van der Waals surface area (Å²) < 4.78 is 24.5. The molecule has 1 fully saturated rings. The smallest absolute Gasteiger partial charge is 0.274 e. The van der Waals surface area contributed by atoms with Crippen molar-refractivity contribution in [2.75, 3.05) is 25.6 Å². The molecule has 1 aromatic heterocycles. The van der Waals surface area contributed by atoms with Crippen molar-refractivity contribution < 1.29 is 13.2 Å². The van der Waals surface area contributed by atoms with E-state index in [1.54, 1.807) is 25.0 Å². The van der Waals surface area contributed by atoms with Crippen LogP contribution in [0.5, 0.6) is 0 Å². The van der Waals surface area contributed by atoms with Crippen molar-refractivity contribution in [2.45, 2.75) is 19.0 Å². The number of carbonyl (C=O) groups excluding carboxylic acids is 1. The zero-order valence-corrected chi connectivity index (χ0v) is 11.9. The number of hydrogen-bond acceptors (Lipinski definition) is 5. The molecule has 2 heterocycles. The van der Waals surface area contributed by atoms with Gasteiger partial charge in [0.1, 0.15) is 0 Å². The second-order valence-corrected chi connectivity index (χ2v) is 7.17. The van der Waals surface area contributed by atoms with Crippen LogP contribution in [0.3, 0.4) is 0 Å². The van der Waals surface area contributed by atoms with Gasteiger partial charge < -0.3 is 10.6 Å². The first-order chi connectivity index (χ1) is 8.84. The number of nitrogens with zero attached hydrogens (tertiary/aromatic N) is 3. The van der Waals surface area contributed by atoms with E-state index in [-0.39, 0.29) is 30.0 Å². The Bertz CT molecular complexity index is 591. The maximum Gasteiger partial charge on any atom is 0.274 e. The third-order valence-electron chi connectivity index (χ3n) is 3.22. The molecule has 1 amide bonds. The monoisotopic (exact) mass is 286 g/mol. The number of carbonyl (C=O) groups is 1. The molecule has 1 unspecified atom stereocenters. The Morgan fingerprint density at radius 1 is 1.58 bits per heavy atom. The molecule has 1 aromatic rings. The van der Waals surface area contributed by atoms with Crippen molar-refractivity contribution in [1.82, 2.24) is 14.7 Å². The summed E-state index contributed by atoms with van der Waals surface area (Å²) >= 11 is 0. The zero-order chi connectivity index (χ0) is 14.2. The van der Waals surface area contributed by atoms with Crippen molar-refractivity contribution in [3.05, 3.63) is 17.5 Å². The number of sulfone groups is 1. The third kappa shape index (κ3) is 2.79. The second-order valence-electron chi connectivity index (χ2n) is 4.94. The minimum Gasteiger partial charge on any atom is -0.343 e. The Kier molecular flexibility index (Phi) is 3.64. The standard InChI is InChI=1S/C11H18N4O3S/c1-14(2)11(16)10-8(5-12)6-15(13-10)9-3-4-19(17,18)7-9/h6,9H,3-5,7,12H2,1-2H3. The highest BCUT2D eigenvalue weighted by molar-refractivity contribution is 7.91. The number of rotatable bonds is 3. The van der Waals surface area contributed by atoms with Gasteiger partial charge in [-0.1, -0.05) is 0 Å². The predicted octanol–water partition coefficient (Wildman–Crippen LogP) is -0.597. The third-order valence-corrected chi connectivity index (χ3v) is 4.97. The van der Waals surface area contributed by atoms with Crippen molar-refractivity contribution in [1.29, 1.82) is 0 Å². The highest BCUT2D eigenvalue weighted by atomic mass is 32.2. The minimum atomic E-state index is -2.98. The van der Waals surface area contributed by atoms with Gasteiger partial charge in [0.25, 0.3) is 5.91 Å². The van der Waals surface area contributed by atoms with E-state index in [1.165, 1.54) is 4.90 Å². The molecule has 1 saturated heterocycles. The predicted molar refractivity (Wildman–Crippen MR) is 70.4 cm³/mol. The molecule has 106 valence electrons. The molecule has 1 aliphatic heterocycles. The van der Waals surface area contributed by atoms with Gasteiger partial charge in [-0.3, -0.25) is 9.48 Å². The summed E-state index contributed by atoms with van der Waals surface area (Å²) in [6.07, 6.45) is 2.21. The molecule has 0 bridgehead atoms. The van der Waals surface area contributed by atoms with Crippen LogP contribution in [0.15, 0.2) is 6.20 Å². The molecule has 0 saturated carbocycles. The Morgan fingerprint density at radius 3 is 2.74 bits per heavy atom. The second kappa shape index (κ2) is 4.93. The van der Waals surface area contributed by atoms with Crippen molar-refractivity contribution in [3.63, 3.8) is 0 Å².